The first kappa shape index (κ1) is 28.8. The molecule has 0 saturated heterocycles. The van der Waals surface area contributed by atoms with E-state index in [-0.39, 0.29) is 33.9 Å². The Balaban J connectivity index is 1.69. The van der Waals surface area contributed by atoms with Gasteiger partial charge in [-0.15, -0.1) is 21.5 Å². The van der Waals surface area contributed by atoms with E-state index in [9.17, 15) is 14.4 Å². The number of ether oxygens (including phenoxy) is 2. The highest BCUT2D eigenvalue weighted by molar-refractivity contribution is 7.99. The van der Waals surface area contributed by atoms with E-state index in [1.807, 2.05) is 11.5 Å². The number of carbonyl (C=O) groups excluding carboxylic acids is 3. The number of nitrogens with one attached hydrogen (secondary N) is 1. The number of primary amides is 1. The minimum Gasteiger partial charge on any atom is -0.484 e. The summed E-state index contributed by atoms with van der Waals surface area (Å²) >= 11 is 14.2. The Bertz CT molecular complexity index is 1330. The molecule has 10 nitrogen and oxygen atoms in total. The van der Waals surface area contributed by atoms with E-state index in [4.69, 9.17) is 38.4 Å². The van der Waals surface area contributed by atoms with Crippen molar-refractivity contribution < 1.29 is 23.9 Å². The molecule has 2 aromatic heterocycles. The van der Waals surface area contributed by atoms with Gasteiger partial charge in [-0.25, -0.2) is 4.79 Å². The van der Waals surface area contributed by atoms with Gasteiger partial charge in [0.05, 0.1) is 27.3 Å². The quantitative estimate of drug-likeness (QED) is 0.238. The van der Waals surface area contributed by atoms with E-state index >= 15 is 0 Å². The lowest BCUT2D eigenvalue weighted by Gasteiger charge is -2.11. The highest BCUT2D eigenvalue weighted by atomic mass is 35.5. The average molecular weight is 587 g/mol. The number of aromatic nitrogens is 3. The van der Waals surface area contributed by atoms with E-state index in [1.54, 1.807) is 39.0 Å². The summed E-state index contributed by atoms with van der Waals surface area (Å²) < 4.78 is 12.8. The molecule has 0 aliphatic carbocycles. The van der Waals surface area contributed by atoms with Gasteiger partial charge in [0.25, 0.3) is 5.91 Å². The predicted molar refractivity (Wildman–Crippen MR) is 144 cm³/mol. The lowest BCUT2D eigenvalue weighted by molar-refractivity contribution is -0.113. The number of thiophene rings is 1. The number of nitrogens with two attached hydrogens (primary N) is 1. The van der Waals surface area contributed by atoms with Gasteiger partial charge in [-0.05, 0) is 51.5 Å². The number of nitrogens with zero attached hydrogens (tertiary/aromatic N) is 3. The van der Waals surface area contributed by atoms with Crippen LogP contribution in [-0.2, 0) is 22.7 Å². The second-order valence-electron chi connectivity index (χ2n) is 7.92. The maximum atomic E-state index is 12.8. The van der Waals surface area contributed by atoms with Crippen LogP contribution in [0.2, 0.25) is 10.0 Å². The van der Waals surface area contributed by atoms with E-state index in [1.165, 1.54) is 0 Å². The Kier molecular flexibility index (Phi) is 9.82. The Morgan fingerprint density at radius 2 is 1.97 bits per heavy atom. The third kappa shape index (κ3) is 7.16. The molecule has 0 bridgehead atoms. The monoisotopic (exact) mass is 585 g/mol. The molecule has 0 atom stereocenters. The van der Waals surface area contributed by atoms with Crippen molar-refractivity contribution in [2.45, 2.75) is 52.1 Å². The number of benzene rings is 1. The van der Waals surface area contributed by atoms with Gasteiger partial charge in [0.2, 0.25) is 5.91 Å². The molecule has 1 aromatic carbocycles. The van der Waals surface area contributed by atoms with E-state index in [2.05, 4.69) is 15.5 Å². The minimum absolute atomic E-state index is 0.0243. The molecule has 2 heterocycles. The van der Waals surface area contributed by atoms with Gasteiger partial charge >= 0.3 is 5.97 Å². The molecule has 3 aromatic rings. The van der Waals surface area contributed by atoms with Crippen LogP contribution in [0.5, 0.6) is 5.75 Å². The second-order valence-corrected chi connectivity index (χ2v) is 10.7. The Labute approximate surface area is 231 Å². The summed E-state index contributed by atoms with van der Waals surface area (Å²) in [7, 11) is 0. The van der Waals surface area contributed by atoms with Crippen molar-refractivity contribution in [3.63, 3.8) is 0 Å². The van der Waals surface area contributed by atoms with Crippen molar-refractivity contribution in [1.29, 1.82) is 0 Å². The smallest absolute Gasteiger partial charge is 0.341 e. The van der Waals surface area contributed by atoms with Crippen molar-refractivity contribution in [2.24, 2.45) is 5.73 Å². The third-order valence-corrected chi connectivity index (χ3v) is 7.58. The number of rotatable bonds is 11. The zero-order valence-electron chi connectivity index (χ0n) is 20.5. The maximum Gasteiger partial charge on any atom is 0.341 e. The molecule has 0 radical (unpaired) electrons. The lowest BCUT2D eigenvalue weighted by atomic mass is 10.1. The zero-order chi connectivity index (χ0) is 27.3. The normalized spacial score (nSPS) is 11.0. The molecule has 3 N–H and O–H groups in total. The summed E-state index contributed by atoms with van der Waals surface area (Å²) in [5.74, 6) is -0.758. The van der Waals surface area contributed by atoms with Gasteiger partial charge in [-0.2, -0.15) is 0 Å². The molecule has 0 aliphatic rings. The fourth-order valence-corrected chi connectivity index (χ4v) is 5.58. The van der Waals surface area contributed by atoms with Crippen LogP contribution in [0.1, 0.15) is 52.2 Å². The van der Waals surface area contributed by atoms with Crippen LogP contribution in [0.4, 0.5) is 5.00 Å². The van der Waals surface area contributed by atoms with Crippen molar-refractivity contribution in [3.05, 3.63) is 50.1 Å². The summed E-state index contributed by atoms with van der Waals surface area (Å²) in [6, 6.07) is 4.92. The molecule has 0 spiro atoms. The van der Waals surface area contributed by atoms with Gasteiger partial charge in [0, 0.05) is 11.6 Å². The summed E-state index contributed by atoms with van der Waals surface area (Å²) in [4.78, 5) is 37.3. The molecule has 3 rings (SSSR count). The number of hydrogen-bond donors (Lipinski definition) is 2. The maximum absolute atomic E-state index is 12.8. The number of halogens is 2. The molecule has 0 unspecified atom stereocenters. The number of carbonyl (C=O) groups is 3. The van der Waals surface area contributed by atoms with Crippen LogP contribution in [0, 0.1) is 6.92 Å². The van der Waals surface area contributed by atoms with Crippen LogP contribution >= 0.6 is 46.3 Å². The highest BCUT2D eigenvalue weighted by Crippen LogP contribution is 2.34. The van der Waals surface area contributed by atoms with Gasteiger partial charge in [-0.3, -0.25) is 9.59 Å². The van der Waals surface area contributed by atoms with E-state index < -0.39 is 17.8 Å². The van der Waals surface area contributed by atoms with Crippen LogP contribution in [0.3, 0.4) is 0 Å². The highest BCUT2D eigenvalue weighted by Gasteiger charge is 2.26. The fourth-order valence-electron chi connectivity index (χ4n) is 3.23. The number of thioether (sulfide) groups is 1. The average Bonchev–Trinajstić information content (AvgIpc) is 3.36. The summed E-state index contributed by atoms with van der Waals surface area (Å²) in [6.45, 7) is 7.57. The first-order valence-electron chi connectivity index (χ1n) is 11.1. The zero-order valence-corrected chi connectivity index (χ0v) is 23.6. The molecule has 198 valence electrons. The standard InChI is InChI=1S/C23H25Cl2N5O5S2/c1-5-30-16(9-34-15-7-6-13(24)8-14(15)25)28-29-23(30)36-10-17(31)27-21-18(22(33)35-11(2)3)12(4)19(37-21)20(26)32/h6-8,11H,5,9-10H2,1-4H3,(H2,26,32)(H,27,31). The predicted octanol–water partition coefficient (Wildman–Crippen LogP) is 4.95. The van der Waals surface area contributed by atoms with Crippen molar-refractivity contribution in [1.82, 2.24) is 14.8 Å². The van der Waals surface area contributed by atoms with Crippen molar-refractivity contribution in [3.8, 4) is 5.75 Å². The van der Waals surface area contributed by atoms with Crippen LogP contribution in [0.25, 0.3) is 0 Å². The van der Waals surface area contributed by atoms with Crippen molar-refractivity contribution in [2.75, 3.05) is 11.1 Å². The second kappa shape index (κ2) is 12.6. The van der Waals surface area contributed by atoms with Gasteiger partial charge in [0.15, 0.2) is 11.0 Å². The summed E-state index contributed by atoms with van der Waals surface area (Å²) in [5.41, 5.74) is 5.91. The molecule has 2 amide bonds. The van der Waals surface area contributed by atoms with Gasteiger partial charge in [-0.1, -0.05) is 35.0 Å². The van der Waals surface area contributed by atoms with E-state index in [0.29, 0.717) is 38.9 Å². The third-order valence-electron chi connectivity index (χ3n) is 4.86. The Morgan fingerprint density at radius 3 is 2.59 bits per heavy atom. The van der Waals surface area contributed by atoms with Crippen LogP contribution in [0.15, 0.2) is 23.4 Å². The number of amides is 2. The van der Waals surface area contributed by atoms with Gasteiger partial charge < -0.3 is 25.1 Å². The molecular formula is C23H25Cl2N5O5S2. The van der Waals surface area contributed by atoms with Crippen molar-refractivity contribution >= 4 is 69.1 Å². The molecule has 0 fully saturated rings. The van der Waals surface area contributed by atoms with Gasteiger partial charge in [0.1, 0.15) is 17.4 Å². The largest absolute Gasteiger partial charge is 0.484 e. The SMILES string of the molecule is CCn1c(COc2ccc(Cl)cc2Cl)nnc1SCC(=O)Nc1sc(C(N)=O)c(C)c1C(=O)OC(C)C. The summed E-state index contributed by atoms with van der Waals surface area (Å²) in [5, 5.41) is 12.6. The first-order chi connectivity index (χ1) is 17.5. The van der Waals surface area contributed by atoms with Crippen LogP contribution < -0.4 is 15.8 Å². The molecule has 37 heavy (non-hydrogen) atoms. The Hall–Kier alpha value is -2.80. The Morgan fingerprint density at radius 1 is 1.24 bits per heavy atom. The van der Waals surface area contributed by atoms with E-state index in [0.717, 1.165) is 23.1 Å². The first-order valence-corrected chi connectivity index (χ1v) is 13.6. The molecule has 0 aliphatic heterocycles. The summed E-state index contributed by atoms with van der Waals surface area (Å²) in [6.07, 6.45) is -0.378. The fraction of sp³-hybridized carbons (Fsp3) is 0.348. The molecule has 14 heteroatoms. The molecule has 0 saturated carbocycles. The topological polar surface area (TPSA) is 138 Å². The molecular weight excluding hydrogens is 561 g/mol. The number of hydrogen-bond acceptors (Lipinski definition) is 9. The number of anilines is 1. The lowest BCUT2D eigenvalue weighted by Crippen LogP contribution is -2.18. The van der Waals surface area contributed by atoms with Crippen LogP contribution in [-0.4, -0.2) is 44.4 Å². The minimum atomic E-state index is -0.693. The number of esters is 1.